The molecule has 206 valence electrons. The molecule has 0 bridgehead atoms. The molecule has 11 heteroatoms. The number of methoxy groups -OCH3 is 1. The standard InChI is InChI=1S/C27H34N2O9/c1-3-14-11-29-9-8-27(17-6-4-5-7-18(17)28-26(27)35)20(29)10-15(14)16(13-36-2)24(34)38-25-23(33)22(32)21(31)19(12-30)37-25/h3-7,13-15,19-23,25,30-33H,1,8-12H2,2H3,(H,28,35). The maximum absolute atomic E-state index is 13.5. The van der Waals surface area contributed by atoms with Crippen LogP contribution >= 0.6 is 0 Å². The number of aliphatic hydroxyl groups excluding tert-OH is 4. The summed E-state index contributed by atoms with van der Waals surface area (Å²) in [5.41, 5.74) is 1.18. The van der Waals surface area contributed by atoms with Crippen LogP contribution in [0.2, 0.25) is 0 Å². The van der Waals surface area contributed by atoms with Crippen LogP contribution in [0, 0.1) is 11.8 Å². The molecule has 3 saturated heterocycles. The van der Waals surface area contributed by atoms with Crippen molar-refractivity contribution < 1.29 is 44.2 Å². The van der Waals surface area contributed by atoms with E-state index in [4.69, 9.17) is 14.2 Å². The SMILES string of the molecule is C=CC1CN2CCC3(C(=O)Nc4ccccc43)C2CC1C(=COC)C(=O)OC1OC(CO)C(O)C(O)C1O. The molecule has 4 aliphatic heterocycles. The van der Waals surface area contributed by atoms with Gasteiger partial charge in [0.15, 0.2) is 0 Å². The fourth-order valence-corrected chi connectivity index (χ4v) is 6.60. The third-order valence-electron chi connectivity index (χ3n) is 8.56. The van der Waals surface area contributed by atoms with Gasteiger partial charge >= 0.3 is 5.97 Å². The van der Waals surface area contributed by atoms with Crippen LogP contribution in [0.4, 0.5) is 5.69 Å². The molecular weight excluding hydrogens is 496 g/mol. The Morgan fingerprint density at radius 1 is 1.26 bits per heavy atom. The summed E-state index contributed by atoms with van der Waals surface area (Å²) in [4.78, 5) is 29.2. The number of hydrogen-bond donors (Lipinski definition) is 5. The molecule has 1 aromatic carbocycles. The molecule has 4 heterocycles. The number of nitrogens with zero attached hydrogens (tertiary/aromatic N) is 1. The zero-order valence-corrected chi connectivity index (χ0v) is 21.1. The van der Waals surface area contributed by atoms with Crippen molar-refractivity contribution in [1.82, 2.24) is 4.90 Å². The van der Waals surface area contributed by atoms with Crippen molar-refractivity contribution in [3.8, 4) is 0 Å². The van der Waals surface area contributed by atoms with E-state index >= 15 is 0 Å². The first-order valence-corrected chi connectivity index (χ1v) is 12.8. The lowest BCUT2D eigenvalue weighted by Crippen LogP contribution is -2.59. The van der Waals surface area contributed by atoms with Crippen LogP contribution in [0.5, 0.6) is 0 Å². The molecular formula is C27H34N2O9. The second-order valence-electron chi connectivity index (χ2n) is 10.4. The van der Waals surface area contributed by atoms with Gasteiger partial charge in [-0.1, -0.05) is 24.3 Å². The van der Waals surface area contributed by atoms with Crippen LogP contribution in [0.1, 0.15) is 18.4 Å². The van der Waals surface area contributed by atoms with Crippen LogP contribution in [-0.2, 0) is 29.2 Å². The Kier molecular flexibility index (Phi) is 7.33. The summed E-state index contributed by atoms with van der Waals surface area (Å²) in [6.07, 6.45) is -3.67. The minimum atomic E-state index is -1.73. The van der Waals surface area contributed by atoms with Crippen molar-refractivity contribution in [3.63, 3.8) is 0 Å². The van der Waals surface area contributed by atoms with Gasteiger partial charge in [0.2, 0.25) is 12.2 Å². The molecule has 0 aromatic heterocycles. The van der Waals surface area contributed by atoms with E-state index < -0.39 is 54.6 Å². The van der Waals surface area contributed by atoms with Gasteiger partial charge in [-0.2, -0.15) is 0 Å². The first-order valence-electron chi connectivity index (χ1n) is 12.8. The van der Waals surface area contributed by atoms with Gasteiger partial charge in [0.1, 0.15) is 24.4 Å². The Labute approximate surface area is 220 Å². The highest BCUT2D eigenvalue weighted by atomic mass is 16.7. The Morgan fingerprint density at radius 3 is 2.74 bits per heavy atom. The molecule has 11 nitrogen and oxygen atoms in total. The van der Waals surface area contributed by atoms with E-state index in [2.05, 4.69) is 16.8 Å². The number of piperidine rings is 1. The number of nitrogens with one attached hydrogen (secondary N) is 1. The monoisotopic (exact) mass is 530 g/mol. The van der Waals surface area contributed by atoms with E-state index in [-0.39, 0.29) is 23.4 Å². The maximum atomic E-state index is 13.5. The zero-order chi connectivity index (χ0) is 27.2. The lowest BCUT2D eigenvalue weighted by molar-refractivity contribution is -0.291. The minimum absolute atomic E-state index is 0.0526. The van der Waals surface area contributed by atoms with Crippen LogP contribution in [0.25, 0.3) is 0 Å². The van der Waals surface area contributed by atoms with Crippen molar-refractivity contribution in [2.45, 2.75) is 55.0 Å². The number of carbonyl (C=O) groups is 2. The number of ether oxygens (including phenoxy) is 3. The van der Waals surface area contributed by atoms with Crippen LogP contribution < -0.4 is 5.32 Å². The second kappa shape index (κ2) is 10.4. The molecule has 9 atom stereocenters. The van der Waals surface area contributed by atoms with E-state index in [0.717, 1.165) is 17.8 Å². The zero-order valence-electron chi connectivity index (χ0n) is 21.1. The summed E-state index contributed by atoms with van der Waals surface area (Å²) >= 11 is 0. The van der Waals surface area contributed by atoms with Crippen molar-refractivity contribution in [2.75, 3.05) is 32.1 Å². The fraction of sp³-hybridized carbons (Fsp3) is 0.556. The number of aliphatic hydroxyl groups is 4. The van der Waals surface area contributed by atoms with Gasteiger partial charge in [0.05, 0.1) is 31.0 Å². The van der Waals surface area contributed by atoms with Crippen molar-refractivity contribution in [3.05, 3.63) is 54.3 Å². The number of esters is 1. The number of rotatable bonds is 6. The van der Waals surface area contributed by atoms with Crippen molar-refractivity contribution >= 4 is 17.6 Å². The van der Waals surface area contributed by atoms with Crippen molar-refractivity contribution in [2.24, 2.45) is 11.8 Å². The van der Waals surface area contributed by atoms with E-state index in [1.807, 2.05) is 24.3 Å². The van der Waals surface area contributed by atoms with Crippen molar-refractivity contribution in [1.29, 1.82) is 0 Å². The highest BCUT2D eigenvalue weighted by Gasteiger charge is 2.60. The molecule has 3 fully saturated rings. The molecule has 0 saturated carbocycles. The van der Waals surface area contributed by atoms with Gasteiger partial charge < -0.3 is 40.0 Å². The topological polar surface area (TPSA) is 158 Å². The largest absolute Gasteiger partial charge is 0.504 e. The molecule has 5 rings (SSSR count). The highest BCUT2D eigenvalue weighted by Crippen LogP contribution is 2.53. The Bertz CT molecular complexity index is 1120. The first-order chi connectivity index (χ1) is 18.3. The fourth-order valence-electron chi connectivity index (χ4n) is 6.60. The number of benzene rings is 1. The van der Waals surface area contributed by atoms with Gasteiger partial charge in [-0.3, -0.25) is 9.69 Å². The number of fused-ring (bicyclic) bond motifs is 4. The summed E-state index contributed by atoms with van der Waals surface area (Å²) in [7, 11) is 1.40. The number of hydrogen-bond acceptors (Lipinski definition) is 10. The summed E-state index contributed by atoms with van der Waals surface area (Å²) in [6.45, 7) is 4.63. The Balaban J connectivity index is 1.42. The van der Waals surface area contributed by atoms with Crippen LogP contribution in [0.3, 0.4) is 0 Å². The minimum Gasteiger partial charge on any atom is -0.504 e. The Hall–Kier alpha value is -2.80. The number of para-hydroxylation sites is 1. The first kappa shape index (κ1) is 26.8. The summed E-state index contributed by atoms with van der Waals surface area (Å²) in [6, 6.07) is 7.49. The van der Waals surface area contributed by atoms with Crippen LogP contribution in [0.15, 0.2) is 48.8 Å². The quantitative estimate of drug-likeness (QED) is 0.142. The Morgan fingerprint density at radius 2 is 2.03 bits per heavy atom. The molecule has 9 unspecified atom stereocenters. The summed E-state index contributed by atoms with van der Waals surface area (Å²) < 4.78 is 16.1. The smallest absolute Gasteiger partial charge is 0.339 e. The van der Waals surface area contributed by atoms with E-state index in [9.17, 15) is 30.0 Å². The number of amides is 1. The van der Waals surface area contributed by atoms with E-state index in [0.29, 0.717) is 19.4 Å². The van der Waals surface area contributed by atoms with E-state index in [1.165, 1.54) is 13.4 Å². The third-order valence-corrected chi connectivity index (χ3v) is 8.56. The molecule has 1 aromatic rings. The molecule has 0 radical (unpaired) electrons. The average Bonchev–Trinajstić information content (AvgIpc) is 3.44. The molecule has 1 spiro atoms. The third kappa shape index (κ3) is 4.14. The predicted octanol–water partition coefficient (Wildman–Crippen LogP) is -0.354. The molecule has 38 heavy (non-hydrogen) atoms. The average molecular weight is 531 g/mol. The van der Waals surface area contributed by atoms with Gasteiger partial charge in [-0.25, -0.2) is 4.79 Å². The lowest BCUT2D eigenvalue weighted by Gasteiger charge is -2.44. The normalized spacial score (nSPS) is 38.9. The van der Waals surface area contributed by atoms with Gasteiger partial charge in [0, 0.05) is 24.2 Å². The summed E-state index contributed by atoms with van der Waals surface area (Å²) in [5, 5.41) is 43.0. The lowest BCUT2D eigenvalue weighted by atomic mass is 9.68. The number of carbonyl (C=O) groups excluding carboxylic acids is 2. The van der Waals surface area contributed by atoms with Crippen LogP contribution in [-0.4, -0.2) is 101 Å². The van der Waals surface area contributed by atoms with Gasteiger partial charge in [0.25, 0.3) is 0 Å². The molecule has 4 aliphatic rings. The predicted molar refractivity (Wildman–Crippen MR) is 133 cm³/mol. The summed E-state index contributed by atoms with van der Waals surface area (Å²) in [5.74, 6) is -1.49. The number of anilines is 1. The maximum Gasteiger partial charge on any atom is 0.339 e. The second-order valence-corrected chi connectivity index (χ2v) is 10.4. The highest BCUT2D eigenvalue weighted by molar-refractivity contribution is 6.07. The van der Waals surface area contributed by atoms with E-state index in [1.54, 1.807) is 6.08 Å². The molecule has 0 aliphatic carbocycles. The molecule has 1 amide bonds. The molecule has 5 N–H and O–H groups in total. The van der Waals surface area contributed by atoms with Gasteiger partial charge in [-0.15, -0.1) is 6.58 Å². The van der Waals surface area contributed by atoms with Gasteiger partial charge in [-0.05, 0) is 36.9 Å².